The average Bonchev–Trinajstić information content (AvgIpc) is 2.90. The van der Waals surface area contributed by atoms with E-state index < -0.39 is 0 Å². The maximum atomic E-state index is 12.7. The van der Waals surface area contributed by atoms with Gasteiger partial charge in [0.2, 0.25) is 5.91 Å². The standard InChI is InChI=1S/C19H22N4O2/c1-14-16(15(2)23(21-14)11-5-10-20)8-9-19(24)22-12-13-25-18-7-4-3-6-17(18)22/h3-4,6-7H,5,8-9,11-13H2,1-2H3. The van der Waals surface area contributed by atoms with Crippen LogP contribution in [0.2, 0.25) is 0 Å². The molecule has 0 atom stereocenters. The molecule has 0 saturated heterocycles. The van der Waals surface area contributed by atoms with Crippen LogP contribution in [0.5, 0.6) is 5.75 Å². The number of benzene rings is 1. The summed E-state index contributed by atoms with van der Waals surface area (Å²) >= 11 is 0. The van der Waals surface area contributed by atoms with E-state index >= 15 is 0 Å². The maximum absolute atomic E-state index is 12.7. The zero-order valence-electron chi connectivity index (χ0n) is 14.7. The number of amides is 1. The van der Waals surface area contributed by atoms with Crippen molar-refractivity contribution in [2.45, 2.75) is 39.7 Å². The Kier molecular flexibility index (Phi) is 5.03. The molecule has 2 heterocycles. The number of carbonyl (C=O) groups excluding carboxylic acids is 1. The molecule has 1 amide bonds. The van der Waals surface area contributed by atoms with E-state index in [2.05, 4.69) is 11.2 Å². The van der Waals surface area contributed by atoms with Crippen molar-refractivity contribution in [2.24, 2.45) is 0 Å². The third-order valence-corrected chi connectivity index (χ3v) is 4.59. The number of hydrogen-bond donors (Lipinski definition) is 0. The highest BCUT2D eigenvalue weighted by Crippen LogP contribution is 2.31. The number of aromatic nitrogens is 2. The molecule has 1 aliphatic rings. The van der Waals surface area contributed by atoms with Gasteiger partial charge < -0.3 is 9.64 Å². The van der Waals surface area contributed by atoms with E-state index in [1.165, 1.54) is 0 Å². The summed E-state index contributed by atoms with van der Waals surface area (Å²) in [5.41, 5.74) is 3.93. The van der Waals surface area contributed by atoms with Gasteiger partial charge in [-0.2, -0.15) is 10.4 Å². The molecule has 0 bridgehead atoms. The monoisotopic (exact) mass is 338 g/mol. The molecule has 0 unspecified atom stereocenters. The fraction of sp³-hybridized carbons (Fsp3) is 0.421. The number of ether oxygens (including phenoxy) is 1. The van der Waals surface area contributed by atoms with Crippen molar-refractivity contribution < 1.29 is 9.53 Å². The molecule has 2 aromatic rings. The Morgan fingerprint density at radius 3 is 2.96 bits per heavy atom. The fourth-order valence-electron chi connectivity index (χ4n) is 3.26. The lowest BCUT2D eigenvalue weighted by atomic mass is 10.1. The molecule has 130 valence electrons. The summed E-state index contributed by atoms with van der Waals surface area (Å²) in [6, 6.07) is 9.78. The number of anilines is 1. The van der Waals surface area contributed by atoms with Gasteiger partial charge in [-0.3, -0.25) is 9.48 Å². The minimum Gasteiger partial charge on any atom is -0.490 e. The molecule has 0 spiro atoms. The summed E-state index contributed by atoms with van der Waals surface area (Å²) in [5, 5.41) is 13.2. The first-order valence-corrected chi connectivity index (χ1v) is 8.54. The molecule has 3 rings (SSSR count). The van der Waals surface area contributed by atoms with Crippen LogP contribution in [-0.4, -0.2) is 28.8 Å². The lowest BCUT2D eigenvalue weighted by Gasteiger charge is -2.29. The van der Waals surface area contributed by atoms with Gasteiger partial charge in [0.25, 0.3) is 0 Å². The number of nitrogens with zero attached hydrogens (tertiary/aromatic N) is 4. The second-order valence-corrected chi connectivity index (χ2v) is 6.14. The van der Waals surface area contributed by atoms with Crippen LogP contribution in [0.3, 0.4) is 0 Å². The highest BCUT2D eigenvalue weighted by Gasteiger charge is 2.23. The number of aryl methyl sites for hydroxylation is 2. The summed E-state index contributed by atoms with van der Waals surface area (Å²) < 4.78 is 7.48. The highest BCUT2D eigenvalue weighted by atomic mass is 16.5. The molecule has 1 aromatic heterocycles. The van der Waals surface area contributed by atoms with Gasteiger partial charge >= 0.3 is 0 Å². The van der Waals surface area contributed by atoms with E-state index in [1.807, 2.05) is 47.7 Å². The molecule has 0 N–H and O–H groups in total. The summed E-state index contributed by atoms with van der Waals surface area (Å²) in [6.45, 7) is 5.65. The minimum absolute atomic E-state index is 0.0966. The molecule has 0 aliphatic carbocycles. The van der Waals surface area contributed by atoms with Crippen LogP contribution in [-0.2, 0) is 17.8 Å². The van der Waals surface area contributed by atoms with Crippen molar-refractivity contribution >= 4 is 11.6 Å². The molecule has 0 saturated carbocycles. The zero-order chi connectivity index (χ0) is 17.8. The number of carbonyl (C=O) groups is 1. The molecular formula is C19H22N4O2. The Labute approximate surface area is 147 Å². The normalized spacial score (nSPS) is 13.1. The largest absolute Gasteiger partial charge is 0.490 e. The van der Waals surface area contributed by atoms with Gasteiger partial charge in [0.1, 0.15) is 12.4 Å². The van der Waals surface area contributed by atoms with Crippen LogP contribution in [0.1, 0.15) is 29.8 Å². The Bertz CT molecular complexity index is 819. The van der Waals surface area contributed by atoms with Gasteiger partial charge in [0.15, 0.2) is 0 Å². The van der Waals surface area contributed by atoms with Crippen LogP contribution in [0, 0.1) is 25.2 Å². The van der Waals surface area contributed by atoms with Gasteiger partial charge in [0.05, 0.1) is 37.0 Å². The first-order valence-electron chi connectivity index (χ1n) is 8.54. The van der Waals surface area contributed by atoms with Crippen LogP contribution in [0.15, 0.2) is 24.3 Å². The predicted octanol–water partition coefficient (Wildman–Crippen LogP) is 2.77. The Balaban J connectivity index is 1.70. The molecule has 1 aliphatic heterocycles. The van der Waals surface area contributed by atoms with Gasteiger partial charge in [-0.1, -0.05) is 12.1 Å². The molecule has 6 nitrogen and oxygen atoms in total. The van der Waals surface area contributed by atoms with Crippen LogP contribution in [0.25, 0.3) is 0 Å². The van der Waals surface area contributed by atoms with E-state index in [9.17, 15) is 4.79 Å². The Morgan fingerprint density at radius 1 is 1.36 bits per heavy atom. The first kappa shape index (κ1) is 17.0. The van der Waals surface area contributed by atoms with E-state index in [-0.39, 0.29) is 5.91 Å². The fourth-order valence-corrected chi connectivity index (χ4v) is 3.26. The summed E-state index contributed by atoms with van der Waals surface area (Å²) in [6.07, 6.45) is 1.52. The number of para-hydroxylation sites is 2. The third-order valence-electron chi connectivity index (χ3n) is 4.59. The smallest absolute Gasteiger partial charge is 0.227 e. The van der Waals surface area contributed by atoms with Crippen molar-refractivity contribution in [1.29, 1.82) is 5.26 Å². The maximum Gasteiger partial charge on any atom is 0.227 e. The van der Waals surface area contributed by atoms with E-state index in [1.54, 1.807) is 0 Å². The minimum atomic E-state index is 0.0966. The Morgan fingerprint density at radius 2 is 2.16 bits per heavy atom. The lowest BCUT2D eigenvalue weighted by Crippen LogP contribution is -2.38. The van der Waals surface area contributed by atoms with Crippen molar-refractivity contribution in [3.05, 3.63) is 41.2 Å². The Hall–Kier alpha value is -2.81. The van der Waals surface area contributed by atoms with Gasteiger partial charge in [-0.25, -0.2) is 0 Å². The average molecular weight is 338 g/mol. The van der Waals surface area contributed by atoms with E-state index in [0.717, 1.165) is 28.4 Å². The molecular weight excluding hydrogens is 316 g/mol. The van der Waals surface area contributed by atoms with Crippen molar-refractivity contribution in [3.63, 3.8) is 0 Å². The van der Waals surface area contributed by atoms with Gasteiger partial charge in [-0.05, 0) is 38.0 Å². The van der Waals surface area contributed by atoms with E-state index in [4.69, 9.17) is 10.00 Å². The number of rotatable bonds is 5. The van der Waals surface area contributed by atoms with Crippen LogP contribution in [0.4, 0.5) is 5.69 Å². The predicted molar refractivity (Wildman–Crippen MR) is 94.5 cm³/mol. The third kappa shape index (κ3) is 3.50. The van der Waals surface area contributed by atoms with Crippen LogP contribution >= 0.6 is 0 Å². The molecule has 6 heteroatoms. The summed E-state index contributed by atoms with van der Waals surface area (Å²) in [7, 11) is 0. The van der Waals surface area contributed by atoms with E-state index in [0.29, 0.717) is 39.0 Å². The van der Waals surface area contributed by atoms with Gasteiger partial charge in [0, 0.05) is 12.1 Å². The van der Waals surface area contributed by atoms with Crippen molar-refractivity contribution in [2.75, 3.05) is 18.1 Å². The lowest BCUT2D eigenvalue weighted by molar-refractivity contribution is -0.118. The zero-order valence-corrected chi connectivity index (χ0v) is 14.7. The topological polar surface area (TPSA) is 71.2 Å². The molecule has 0 fully saturated rings. The number of nitriles is 1. The summed E-state index contributed by atoms with van der Waals surface area (Å²) in [4.78, 5) is 14.5. The second kappa shape index (κ2) is 7.39. The molecule has 0 radical (unpaired) electrons. The van der Waals surface area contributed by atoms with Gasteiger partial charge in [-0.15, -0.1) is 0 Å². The number of hydrogen-bond acceptors (Lipinski definition) is 4. The molecule has 1 aromatic carbocycles. The second-order valence-electron chi connectivity index (χ2n) is 6.14. The van der Waals surface area contributed by atoms with Crippen molar-refractivity contribution in [3.8, 4) is 11.8 Å². The summed E-state index contributed by atoms with van der Waals surface area (Å²) in [5.74, 6) is 0.859. The van der Waals surface area contributed by atoms with Crippen molar-refractivity contribution in [1.82, 2.24) is 9.78 Å². The van der Waals surface area contributed by atoms with Crippen LogP contribution < -0.4 is 9.64 Å². The highest BCUT2D eigenvalue weighted by molar-refractivity contribution is 5.95. The quantitative estimate of drug-likeness (QED) is 0.840. The first-order chi connectivity index (χ1) is 12.1. The molecule has 25 heavy (non-hydrogen) atoms. The SMILES string of the molecule is Cc1nn(CCC#N)c(C)c1CCC(=O)N1CCOc2ccccc21. The number of fused-ring (bicyclic) bond motifs is 1.